The van der Waals surface area contributed by atoms with E-state index >= 15 is 0 Å². The van der Waals surface area contributed by atoms with Crippen LogP contribution in [0, 0.1) is 0 Å². The largest absolute Gasteiger partial charge is 0.494 e. The summed E-state index contributed by atoms with van der Waals surface area (Å²) in [4.78, 5) is 15.8. The molecule has 0 saturated heterocycles. The summed E-state index contributed by atoms with van der Waals surface area (Å²) in [6, 6.07) is 7.26. The number of hydrogen-bond acceptors (Lipinski definition) is 4. The van der Waals surface area contributed by atoms with Crippen LogP contribution < -0.4 is 15.0 Å². The van der Waals surface area contributed by atoms with Gasteiger partial charge in [-0.1, -0.05) is 0 Å². The monoisotopic (exact) mass is 246 g/mol. The molecule has 2 aromatic rings. The maximum Gasteiger partial charge on any atom is 0.317 e. The Bertz CT molecular complexity index is 576. The topological polar surface area (TPSA) is 53.4 Å². The van der Waals surface area contributed by atoms with Crippen LogP contribution in [0.4, 0.5) is 0 Å². The summed E-state index contributed by atoms with van der Waals surface area (Å²) >= 11 is 0. The summed E-state index contributed by atoms with van der Waals surface area (Å²) in [5.41, 5.74) is 0.452. The summed E-state index contributed by atoms with van der Waals surface area (Å²) in [5, 5.41) is 0. The molecule has 94 valence electrons. The zero-order valence-electron chi connectivity index (χ0n) is 10.3. The lowest BCUT2D eigenvalue weighted by Gasteiger charge is -2.08. The van der Waals surface area contributed by atoms with Crippen molar-refractivity contribution in [2.45, 2.75) is 6.92 Å². The van der Waals surface area contributed by atoms with E-state index in [1.165, 1.54) is 17.9 Å². The van der Waals surface area contributed by atoms with E-state index < -0.39 is 0 Å². The van der Waals surface area contributed by atoms with Gasteiger partial charge in [-0.3, -0.25) is 9.36 Å². The molecule has 0 aliphatic carbocycles. The van der Waals surface area contributed by atoms with Gasteiger partial charge >= 0.3 is 5.56 Å². The van der Waals surface area contributed by atoms with Crippen LogP contribution in [0.3, 0.4) is 0 Å². The maximum absolute atomic E-state index is 12.0. The molecule has 5 nitrogen and oxygen atoms in total. The van der Waals surface area contributed by atoms with Crippen LogP contribution in [0.5, 0.6) is 11.6 Å². The van der Waals surface area contributed by atoms with Crippen molar-refractivity contribution >= 4 is 0 Å². The van der Waals surface area contributed by atoms with E-state index in [1.807, 2.05) is 31.2 Å². The zero-order chi connectivity index (χ0) is 13.0. The van der Waals surface area contributed by atoms with E-state index in [1.54, 1.807) is 6.20 Å². The Balaban J connectivity index is 2.40. The van der Waals surface area contributed by atoms with Crippen molar-refractivity contribution in [1.82, 2.24) is 9.55 Å². The second-order valence-corrected chi connectivity index (χ2v) is 3.54. The molecule has 18 heavy (non-hydrogen) atoms. The Labute approximate surface area is 105 Å². The third-order valence-electron chi connectivity index (χ3n) is 2.43. The minimum absolute atomic E-state index is 0.0754. The third kappa shape index (κ3) is 2.34. The first-order valence-electron chi connectivity index (χ1n) is 5.61. The molecule has 1 aromatic heterocycles. The molecule has 5 heteroatoms. The number of aromatic nitrogens is 2. The molecule has 1 aromatic carbocycles. The number of ether oxygens (including phenoxy) is 2. The van der Waals surface area contributed by atoms with Crippen LogP contribution in [0.1, 0.15) is 6.92 Å². The summed E-state index contributed by atoms with van der Waals surface area (Å²) in [6.07, 6.45) is 3.12. The van der Waals surface area contributed by atoms with Crippen LogP contribution in [0.15, 0.2) is 41.5 Å². The zero-order valence-corrected chi connectivity index (χ0v) is 10.3. The fraction of sp³-hybridized carbons (Fsp3) is 0.231. The molecule has 0 aliphatic rings. The van der Waals surface area contributed by atoms with E-state index in [0.29, 0.717) is 6.61 Å². The molecule has 0 radical (unpaired) electrons. The minimum Gasteiger partial charge on any atom is -0.494 e. The fourth-order valence-corrected chi connectivity index (χ4v) is 1.61. The molecule has 0 N–H and O–H groups in total. The number of rotatable bonds is 4. The summed E-state index contributed by atoms with van der Waals surface area (Å²) < 4.78 is 11.7. The van der Waals surface area contributed by atoms with Crippen molar-refractivity contribution in [3.8, 4) is 17.3 Å². The van der Waals surface area contributed by atoms with Crippen molar-refractivity contribution in [1.29, 1.82) is 0 Å². The van der Waals surface area contributed by atoms with E-state index in [-0.39, 0.29) is 11.4 Å². The second-order valence-electron chi connectivity index (χ2n) is 3.54. The Morgan fingerprint density at radius 1 is 1.28 bits per heavy atom. The number of nitrogens with zero attached hydrogens (tertiary/aromatic N) is 2. The van der Waals surface area contributed by atoms with Gasteiger partial charge < -0.3 is 9.47 Å². The van der Waals surface area contributed by atoms with E-state index in [4.69, 9.17) is 9.47 Å². The van der Waals surface area contributed by atoms with Gasteiger partial charge in [-0.25, -0.2) is 4.98 Å². The predicted octanol–water partition coefficient (Wildman–Crippen LogP) is 1.64. The Morgan fingerprint density at radius 3 is 2.61 bits per heavy atom. The number of hydrogen-bond donors (Lipinski definition) is 0. The molecule has 0 aliphatic heterocycles. The van der Waals surface area contributed by atoms with Crippen molar-refractivity contribution in [3.05, 3.63) is 47.0 Å². The number of benzene rings is 1. The first kappa shape index (κ1) is 12.2. The lowest BCUT2D eigenvalue weighted by Crippen LogP contribution is -2.20. The highest BCUT2D eigenvalue weighted by atomic mass is 16.5. The average Bonchev–Trinajstić information content (AvgIpc) is 2.41. The van der Waals surface area contributed by atoms with Gasteiger partial charge in [0.25, 0.3) is 5.88 Å². The molecular formula is C13H14N2O3. The van der Waals surface area contributed by atoms with Crippen molar-refractivity contribution < 1.29 is 9.47 Å². The molecule has 0 unspecified atom stereocenters. The second kappa shape index (κ2) is 5.35. The first-order chi connectivity index (χ1) is 8.76. The fourth-order valence-electron chi connectivity index (χ4n) is 1.61. The molecule has 1 heterocycles. The Kier molecular flexibility index (Phi) is 3.62. The van der Waals surface area contributed by atoms with E-state index in [0.717, 1.165) is 11.4 Å². The quantitative estimate of drug-likeness (QED) is 0.823. The van der Waals surface area contributed by atoms with Crippen LogP contribution in [0.2, 0.25) is 0 Å². The molecule has 2 rings (SSSR count). The van der Waals surface area contributed by atoms with Crippen molar-refractivity contribution in [2.24, 2.45) is 0 Å². The molecule has 0 spiro atoms. The van der Waals surface area contributed by atoms with Gasteiger partial charge in [0.1, 0.15) is 5.75 Å². The van der Waals surface area contributed by atoms with Crippen LogP contribution in [-0.2, 0) is 0 Å². The molecule has 0 saturated carbocycles. The molecule has 0 atom stereocenters. The highest BCUT2D eigenvalue weighted by Gasteiger charge is 2.06. The maximum atomic E-state index is 12.0. The van der Waals surface area contributed by atoms with Crippen LogP contribution in [-0.4, -0.2) is 23.3 Å². The van der Waals surface area contributed by atoms with Gasteiger partial charge in [-0.2, -0.15) is 0 Å². The predicted molar refractivity (Wildman–Crippen MR) is 67.6 cm³/mol. The van der Waals surface area contributed by atoms with Gasteiger partial charge in [0.2, 0.25) is 0 Å². The molecular weight excluding hydrogens is 232 g/mol. The number of methoxy groups -OCH3 is 1. The van der Waals surface area contributed by atoms with Gasteiger partial charge in [0, 0.05) is 18.1 Å². The normalized spacial score (nSPS) is 10.1. The van der Waals surface area contributed by atoms with Crippen molar-refractivity contribution in [3.63, 3.8) is 0 Å². The summed E-state index contributed by atoms with van der Waals surface area (Å²) in [5.74, 6) is 0.849. The molecule has 0 fully saturated rings. The minimum atomic E-state index is -0.288. The molecule has 0 amide bonds. The Hall–Kier alpha value is -2.30. The van der Waals surface area contributed by atoms with Gasteiger partial charge in [-0.05, 0) is 31.2 Å². The lowest BCUT2D eigenvalue weighted by atomic mass is 10.3. The van der Waals surface area contributed by atoms with Crippen LogP contribution in [0.25, 0.3) is 5.69 Å². The smallest absolute Gasteiger partial charge is 0.317 e. The first-order valence-corrected chi connectivity index (χ1v) is 5.61. The van der Waals surface area contributed by atoms with E-state index in [2.05, 4.69) is 4.98 Å². The third-order valence-corrected chi connectivity index (χ3v) is 2.43. The van der Waals surface area contributed by atoms with Gasteiger partial charge in [0.05, 0.1) is 13.7 Å². The highest BCUT2D eigenvalue weighted by Crippen LogP contribution is 2.14. The van der Waals surface area contributed by atoms with Gasteiger partial charge in [-0.15, -0.1) is 0 Å². The van der Waals surface area contributed by atoms with Crippen molar-refractivity contribution in [2.75, 3.05) is 13.7 Å². The average molecular weight is 246 g/mol. The lowest BCUT2D eigenvalue weighted by molar-refractivity contribution is 0.340. The Morgan fingerprint density at radius 2 is 2.00 bits per heavy atom. The standard InChI is InChI=1S/C13H14N2O3/c1-3-18-11-6-4-10(5-7-11)15-9-8-14-12(17-2)13(15)16/h4-9H,3H2,1-2H3. The van der Waals surface area contributed by atoms with Crippen LogP contribution >= 0.6 is 0 Å². The summed E-state index contributed by atoms with van der Waals surface area (Å²) in [6.45, 7) is 2.54. The van der Waals surface area contributed by atoms with E-state index in [9.17, 15) is 4.79 Å². The van der Waals surface area contributed by atoms with Gasteiger partial charge in [0.15, 0.2) is 0 Å². The molecule has 0 bridgehead atoms. The highest BCUT2D eigenvalue weighted by molar-refractivity contribution is 5.38. The summed E-state index contributed by atoms with van der Waals surface area (Å²) in [7, 11) is 1.42. The SMILES string of the molecule is CCOc1ccc(-n2ccnc(OC)c2=O)cc1.